The Balaban J connectivity index is 2.24. The van der Waals surface area contributed by atoms with Crippen LogP contribution in [0.5, 0.6) is 11.5 Å². The molecule has 1 amide bonds. The van der Waals surface area contributed by atoms with Crippen molar-refractivity contribution in [2.75, 3.05) is 19.7 Å². The van der Waals surface area contributed by atoms with Crippen molar-refractivity contribution in [3.8, 4) is 11.5 Å². The molecule has 0 bridgehead atoms. The van der Waals surface area contributed by atoms with Gasteiger partial charge in [0.2, 0.25) is 0 Å². The summed E-state index contributed by atoms with van der Waals surface area (Å²) in [5, 5.41) is 34.0. The first-order valence-electron chi connectivity index (χ1n) is 11.9. The fourth-order valence-electron chi connectivity index (χ4n) is 3.69. The van der Waals surface area contributed by atoms with Gasteiger partial charge in [0, 0.05) is 32.0 Å². The van der Waals surface area contributed by atoms with Crippen molar-refractivity contribution < 1.29 is 34.5 Å². The van der Waals surface area contributed by atoms with Crippen LogP contribution in [0.15, 0.2) is 42.1 Å². The lowest BCUT2D eigenvalue weighted by atomic mass is 9.99. The van der Waals surface area contributed by atoms with E-state index in [1.165, 1.54) is 6.07 Å². The zero-order chi connectivity index (χ0) is 25.8. The maximum Gasteiger partial charge on any atom is 0.342 e. The molecule has 1 saturated heterocycles. The third-order valence-electron chi connectivity index (χ3n) is 5.43. The first kappa shape index (κ1) is 27.9. The molecule has 1 aromatic rings. The number of nitrogens with zero attached hydrogens (tertiary/aromatic N) is 2. The molecular weight excluding hydrogens is 452 g/mol. The van der Waals surface area contributed by atoms with E-state index in [-0.39, 0.29) is 35.8 Å². The van der Waals surface area contributed by atoms with E-state index in [9.17, 15) is 24.9 Å². The van der Waals surface area contributed by atoms with Crippen molar-refractivity contribution in [1.29, 1.82) is 0 Å². The minimum absolute atomic E-state index is 0.00352. The van der Waals surface area contributed by atoms with E-state index < -0.39 is 23.9 Å². The average molecular weight is 489 g/mol. The molecule has 0 unspecified atom stereocenters. The van der Waals surface area contributed by atoms with Gasteiger partial charge in [-0.15, -0.1) is 6.58 Å². The van der Waals surface area contributed by atoms with Gasteiger partial charge in [0.05, 0.1) is 11.8 Å². The smallest absolute Gasteiger partial charge is 0.342 e. The van der Waals surface area contributed by atoms with E-state index in [1.54, 1.807) is 37.0 Å². The molecule has 2 rings (SSSR count). The third kappa shape index (κ3) is 9.44. The Kier molecular flexibility index (Phi) is 11.3. The number of rotatable bonds is 12. The SMILES string of the molecule is C=CC[C@@H](C)OC(=O)c1c(O)cc(O)cc1CC(/C=C/C[C@@H](C)O)=N/OCC(=O)N1CCCCC1. The number of carbonyl (C=O) groups excluding carboxylic acids is 2. The average Bonchev–Trinajstić information content (AvgIpc) is 2.78. The Bertz CT molecular complexity index is 934. The Morgan fingerprint density at radius 1 is 1.17 bits per heavy atom. The van der Waals surface area contributed by atoms with Gasteiger partial charge in [0.25, 0.3) is 5.91 Å². The van der Waals surface area contributed by atoms with Gasteiger partial charge in [0.1, 0.15) is 23.2 Å². The number of aromatic hydroxyl groups is 2. The first-order chi connectivity index (χ1) is 16.7. The van der Waals surface area contributed by atoms with Crippen LogP contribution in [0.1, 0.15) is 61.9 Å². The van der Waals surface area contributed by atoms with E-state index in [0.29, 0.717) is 31.6 Å². The predicted octanol–water partition coefficient (Wildman–Crippen LogP) is 3.47. The van der Waals surface area contributed by atoms with Crippen molar-refractivity contribution in [3.05, 3.63) is 48.1 Å². The number of piperidine rings is 1. The second kappa shape index (κ2) is 14.2. The highest BCUT2D eigenvalue weighted by molar-refractivity contribution is 6.00. The summed E-state index contributed by atoms with van der Waals surface area (Å²) in [6, 6.07) is 2.40. The minimum atomic E-state index is -0.750. The first-order valence-corrected chi connectivity index (χ1v) is 11.9. The second-order valence-electron chi connectivity index (χ2n) is 8.70. The highest BCUT2D eigenvalue weighted by Gasteiger charge is 2.22. The zero-order valence-corrected chi connectivity index (χ0v) is 20.5. The Labute approximate surface area is 206 Å². The van der Waals surface area contributed by atoms with Crippen molar-refractivity contribution in [1.82, 2.24) is 4.90 Å². The summed E-state index contributed by atoms with van der Waals surface area (Å²) in [7, 11) is 0. The summed E-state index contributed by atoms with van der Waals surface area (Å²) in [5.74, 6) is -1.57. The van der Waals surface area contributed by atoms with Crippen molar-refractivity contribution in [3.63, 3.8) is 0 Å². The molecule has 192 valence electrons. The molecule has 1 fully saturated rings. The number of hydrogen-bond donors (Lipinski definition) is 3. The van der Waals surface area contributed by atoms with Crippen LogP contribution < -0.4 is 0 Å². The highest BCUT2D eigenvalue weighted by Crippen LogP contribution is 2.29. The Morgan fingerprint density at radius 2 is 1.89 bits per heavy atom. The number of likely N-dealkylation sites (tertiary alicyclic amines) is 1. The molecule has 2 atom stereocenters. The molecule has 0 aliphatic carbocycles. The van der Waals surface area contributed by atoms with Crippen molar-refractivity contribution in [2.45, 2.75) is 64.6 Å². The monoisotopic (exact) mass is 488 g/mol. The summed E-state index contributed by atoms with van der Waals surface area (Å²) in [6.45, 7) is 8.14. The minimum Gasteiger partial charge on any atom is -0.508 e. The molecule has 35 heavy (non-hydrogen) atoms. The summed E-state index contributed by atoms with van der Waals surface area (Å²) in [6.07, 6.45) is 7.71. The number of aliphatic hydroxyl groups excluding tert-OH is 1. The lowest BCUT2D eigenvalue weighted by Crippen LogP contribution is -2.37. The van der Waals surface area contributed by atoms with Gasteiger partial charge in [-0.3, -0.25) is 4.79 Å². The quantitative estimate of drug-likeness (QED) is 0.178. The van der Waals surface area contributed by atoms with Crippen LogP contribution in [0.2, 0.25) is 0 Å². The number of allylic oxidation sites excluding steroid dienone is 1. The van der Waals surface area contributed by atoms with E-state index in [0.717, 1.165) is 25.3 Å². The largest absolute Gasteiger partial charge is 0.508 e. The van der Waals surface area contributed by atoms with Crippen molar-refractivity contribution >= 4 is 17.6 Å². The van der Waals surface area contributed by atoms with E-state index in [2.05, 4.69) is 11.7 Å². The van der Waals surface area contributed by atoms with Gasteiger partial charge in [-0.25, -0.2) is 4.79 Å². The number of esters is 1. The molecule has 1 aliphatic heterocycles. The van der Waals surface area contributed by atoms with Crippen LogP contribution in [0, 0.1) is 0 Å². The van der Waals surface area contributed by atoms with Gasteiger partial charge in [-0.05, 0) is 57.2 Å². The number of phenols is 2. The normalized spacial score (nSPS) is 16.1. The summed E-state index contributed by atoms with van der Waals surface area (Å²) in [4.78, 5) is 32.2. The predicted molar refractivity (Wildman–Crippen MR) is 132 cm³/mol. The van der Waals surface area contributed by atoms with Gasteiger partial charge < -0.3 is 29.8 Å². The Morgan fingerprint density at radius 3 is 2.54 bits per heavy atom. The molecule has 0 radical (unpaired) electrons. The maximum atomic E-state index is 12.8. The molecule has 0 aromatic heterocycles. The van der Waals surface area contributed by atoms with Gasteiger partial charge in [0.15, 0.2) is 6.61 Å². The van der Waals surface area contributed by atoms with Crippen LogP contribution in [-0.4, -0.2) is 69.7 Å². The fourth-order valence-corrected chi connectivity index (χ4v) is 3.69. The van der Waals surface area contributed by atoms with Crippen LogP contribution in [0.25, 0.3) is 0 Å². The lowest BCUT2D eigenvalue weighted by molar-refractivity contribution is -0.137. The molecule has 1 heterocycles. The summed E-state index contributed by atoms with van der Waals surface area (Å²) >= 11 is 0. The summed E-state index contributed by atoms with van der Waals surface area (Å²) in [5.41, 5.74) is 0.500. The Hall–Kier alpha value is -3.33. The number of ether oxygens (including phenoxy) is 1. The molecule has 9 heteroatoms. The summed E-state index contributed by atoms with van der Waals surface area (Å²) < 4.78 is 5.39. The molecular formula is C26H36N2O7. The molecule has 3 N–H and O–H groups in total. The molecule has 0 saturated carbocycles. The van der Waals surface area contributed by atoms with E-state index in [1.807, 2.05) is 0 Å². The fraction of sp³-hybridized carbons (Fsp3) is 0.500. The third-order valence-corrected chi connectivity index (χ3v) is 5.43. The number of oxime groups is 1. The maximum absolute atomic E-state index is 12.8. The van der Waals surface area contributed by atoms with E-state index in [4.69, 9.17) is 9.57 Å². The number of aliphatic hydroxyl groups is 1. The highest BCUT2D eigenvalue weighted by atomic mass is 16.6. The standard InChI is InChI=1S/C26H36N2O7/c1-4-9-19(3)35-26(33)25-20(15-22(30)16-23(25)31)14-21(11-8-10-18(2)29)27-34-17-24(32)28-12-6-5-7-13-28/h4,8,11,15-16,18-19,29-31H,1,5-7,9-10,12-14,17H2,2-3H3/b11-8+,27-21+/t18-,19-/m1/s1. The molecule has 1 aliphatic rings. The number of hydrogen-bond acceptors (Lipinski definition) is 8. The van der Waals surface area contributed by atoms with Gasteiger partial charge in [-0.1, -0.05) is 17.3 Å². The van der Waals surface area contributed by atoms with Crippen LogP contribution in [0.3, 0.4) is 0 Å². The van der Waals surface area contributed by atoms with Gasteiger partial charge >= 0.3 is 5.97 Å². The second-order valence-corrected chi connectivity index (χ2v) is 8.70. The van der Waals surface area contributed by atoms with Crippen LogP contribution in [0.4, 0.5) is 0 Å². The topological polar surface area (TPSA) is 129 Å². The number of phenolic OH excluding ortho intramolecular Hbond substituents is 2. The lowest BCUT2D eigenvalue weighted by Gasteiger charge is -2.26. The molecule has 1 aromatic carbocycles. The molecule has 9 nitrogen and oxygen atoms in total. The molecule has 0 spiro atoms. The number of carbonyl (C=O) groups is 2. The van der Waals surface area contributed by atoms with Crippen molar-refractivity contribution in [2.24, 2.45) is 5.16 Å². The zero-order valence-electron chi connectivity index (χ0n) is 20.5. The van der Waals surface area contributed by atoms with Crippen LogP contribution >= 0.6 is 0 Å². The van der Waals surface area contributed by atoms with E-state index >= 15 is 0 Å². The van der Waals surface area contributed by atoms with Crippen LogP contribution in [-0.2, 0) is 20.8 Å². The number of amides is 1. The van der Waals surface area contributed by atoms with Gasteiger partial charge in [-0.2, -0.15) is 0 Å². The number of benzene rings is 1.